The molecule has 2 aromatic rings. The smallest absolute Gasteiger partial charge is 0.355 e. The topological polar surface area (TPSA) is 68.6 Å². The van der Waals surface area contributed by atoms with E-state index in [1.54, 1.807) is 44.4 Å². The lowest BCUT2D eigenvalue weighted by Crippen LogP contribution is -2.42. The molecule has 1 heterocycles. The summed E-state index contributed by atoms with van der Waals surface area (Å²) in [6.07, 6.45) is 0. The molecule has 0 unspecified atom stereocenters. The van der Waals surface area contributed by atoms with Gasteiger partial charge in [-0.3, -0.25) is 9.59 Å². The summed E-state index contributed by atoms with van der Waals surface area (Å²) in [5, 5.41) is 0. The van der Waals surface area contributed by atoms with Crippen molar-refractivity contribution >= 4 is 17.7 Å². The van der Waals surface area contributed by atoms with Crippen LogP contribution in [0.2, 0.25) is 0 Å². The molecule has 6 nitrogen and oxygen atoms in total. The summed E-state index contributed by atoms with van der Waals surface area (Å²) in [5.41, 5.74) is 2.73. The fraction of sp³-hybridized carbons (Fsp3) is 0.435. The molecule has 0 spiro atoms. The van der Waals surface area contributed by atoms with E-state index in [0.717, 1.165) is 5.56 Å². The standard InChI is InChI=1S/C23H29FN2O4/c1-7-25-15(4)20(14(3)21(25)23(29)30-8-2)22(28)16(5)26(17(6)27)13-18-9-11-19(24)12-10-18/h9-12,16H,7-8,13H2,1-6H3/t16-/m0/s1. The summed E-state index contributed by atoms with van der Waals surface area (Å²) in [4.78, 5) is 39.6. The number of carbonyl (C=O) groups excluding carboxylic acids is 3. The van der Waals surface area contributed by atoms with Crippen molar-refractivity contribution in [2.75, 3.05) is 6.61 Å². The minimum absolute atomic E-state index is 0.180. The van der Waals surface area contributed by atoms with Gasteiger partial charge in [-0.25, -0.2) is 9.18 Å². The van der Waals surface area contributed by atoms with Crippen LogP contribution in [0.5, 0.6) is 0 Å². The summed E-state index contributed by atoms with van der Waals surface area (Å²) in [6, 6.07) is 5.06. The van der Waals surface area contributed by atoms with Gasteiger partial charge in [-0.15, -0.1) is 0 Å². The van der Waals surface area contributed by atoms with Crippen LogP contribution >= 0.6 is 0 Å². The Bertz CT molecular complexity index is 947. The number of halogens is 1. The first kappa shape index (κ1) is 23.3. The van der Waals surface area contributed by atoms with Gasteiger partial charge in [0.05, 0.1) is 12.6 Å². The number of carbonyl (C=O) groups is 3. The van der Waals surface area contributed by atoms with Crippen molar-refractivity contribution in [1.82, 2.24) is 9.47 Å². The molecule has 1 atom stereocenters. The molecule has 1 amide bonds. The second-order valence-corrected chi connectivity index (χ2v) is 7.21. The van der Waals surface area contributed by atoms with Gasteiger partial charge < -0.3 is 14.2 Å². The second kappa shape index (κ2) is 9.69. The molecule has 30 heavy (non-hydrogen) atoms. The zero-order valence-electron chi connectivity index (χ0n) is 18.4. The van der Waals surface area contributed by atoms with E-state index in [1.807, 2.05) is 6.92 Å². The summed E-state index contributed by atoms with van der Waals surface area (Å²) < 4.78 is 20.1. The van der Waals surface area contributed by atoms with Crippen LogP contribution in [0.1, 0.15) is 65.4 Å². The third kappa shape index (κ3) is 4.61. The first-order valence-corrected chi connectivity index (χ1v) is 10.1. The van der Waals surface area contributed by atoms with E-state index in [9.17, 15) is 18.8 Å². The van der Waals surface area contributed by atoms with E-state index < -0.39 is 12.0 Å². The maximum absolute atomic E-state index is 13.4. The highest BCUT2D eigenvalue weighted by atomic mass is 19.1. The van der Waals surface area contributed by atoms with Gasteiger partial charge in [-0.2, -0.15) is 0 Å². The van der Waals surface area contributed by atoms with Crippen LogP contribution < -0.4 is 0 Å². The maximum atomic E-state index is 13.4. The quantitative estimate of drug-likeness (QED) is 0.481. The number of aromatic nitrogens is 1. The van der Waals surface area contributed by atoms with Crippen molar-refractivity contribution in [3.8, 4) is 0 Å². The molecule has 0 aliphatic carbocycles. The highest BCUT2D eigenvalue weighted by Crippen LogP contribution is 2.26. The highest BCUT2D eigenvalue weighted by molar-refractivity contribution is 6.06. The Hall–Kier alpha value is -2.96. The Kier molecular flexibility index (Phi) is 7.54. The van der Waals surface area contributed by atoms with Gasteiger partial charge in [-0.1, -0.05) is 12.1 Å². The van der Waals surface area contributed by atoms with Crippen molar-refractivity contribution in [2.45, 2.75) is 60.7 Å². The van der Waals surface area contributed by atoms with Crippen LogP contribution in [0, 0.1) is 19.7 Å². The van der Waals surface area contributed by atoms with E-state index in [1.165, 1.54) is 24.0 Å². The first-order chi connectivity index (χ1) is 14.1. The molecule has 1 aromatic carbocycles. The third-order valence-corrected chi connectivity index (χ3v) is 5.32. The fourth-order valence-electron chi connectivity index (χ4n) is 3.77. The average Bonchev–Trinajstić information content (AvgIpc) is 2.95. The number of amides is 1. The Morgan fingerprint density at radius 3 is 2.23 bits per heavy atom. The largest absolute Gasteiger partial charge is 0.461 e. The number of rotatable bonds is 8. The number of ketones is 1. The number of ether oxygens (including phenoxy) is 1. The zero-order chi connectivity index (χ0) is 22.6. The average molecular weight is 416 g/mol. The first-order valence-electron chi connectivity index (χ1n) is 10.1. The summed E-state index contributed by atoms with van der Waals surface area (Å²) >= 11 is 0. The fourth-order valence-corrected chi connectivity index (χ4v) is 3.77. The van der Waals surface area contributed by atoms with E-state index in [0.29, 0.717) is 29.1 Å². The van der Waals surface area contributed by atoms with Crippen LogP contribution in [0.15, 0.2) is 24.3 Å². The molecule has 1 aromatic heterocycles. The number of hydrogen-bond acceptors (Lipinski definition) is 4. The lowest BCUT2D eigenvalue weighted by molar-refractivity contribution is -0.130. The lowest BCUT2D eigenvalue weighted by Gasteiger charge is -2.27. The molecule has 0 aliphatic heterocycles. The van der Waals surface area contributed by atoms with E-state index in [4.69, 9.17) is 4.74 Å². The summed E-state index contributed by atoms with van der Waals surface area (Å²) in [6.45, 7) is 11.1. The van der Waals surface area contributed by atoms with Gasteiger partial charge in [-0.05, 0) is 57.9 Å². The van der Waals surface area contributed by atoms with Gasteiger partial charge >= 0.3 is 5.97 Å². The zero-order valence-corrected chi connectivity index (χ0v) is 18.4. The van der Waals surface area contributed by atoms with E-state index >= 15 is 0 Å². The van der Waals surface area contributed by atoms with Gasteiger partial charge in [0.1, 0.15) is 11.5 Å². The molecule has 0 bridgehead atoms. The van der Waals surface area contributed by atoms with Gasteiger partial charge in [0, 0.05) is 31.3 Å². The van der Waals surface area contributed by atoms with Crippen LogP contribution in [-0.2, 0) is 22.6 Å². The summed E-state index contributed by atoms with van der Waals surface area (Å²) in [7, 11) is 0. The Morgan fingerprint density at radius 2 is 1.73 bits per heavy atom. The van der Waals surface area contributed by atoms with Gasteiger partial charge in [0.15, 0.2) is 5.78 Å². The van der Waals surface area contributed by atoms with E-state index in [2.05, 4.69) is 0 Å². The monoisotopic (exact) mass is 416 g/mol. The highest BCUT2D eigenvalue weighted by Gasteiger charge is 2.32. The molecule has 7 heteroatoms. The number of nitrogens with zero attached hydrogens (tertiary/aromatic N) is 2. The third-order valence-electron chi connectivity index (χ3n) is 5.32. The minimum atomic E-state index is -0.757. The molecule has 0 N–H and O–H groups in total. The van der Waals surface area contributed by atoms with Crippen LogP contribution in [0.4, 0.5) is 4.39 Å². The molecule has 2 rings (SSSR count). The number of hydrogen-bond donors (Lipinski definition) is 0. The predicted octanol–water partition coefficient (Wildman–Crippen LogP) is 4.06. The molecular formula is C23H29FN2O4. The van der Waals surface area contributed by atoms with Crippen molar-refractivity contribution < 1.29 is 23.5 Å². The molecule has 0 saturated carbocycles. The minimum Gasteiger partial charge on any atom is -0.461 e. The Morgan fingerprint density at radius 1 is 1.13 bits per heavy atom. The Labute approximate surface area is 176 Å². The lowest BCUT2D eigenvalue weighted by atomic mass is 9.99. The molecule has 0 saturated heterocycles. The second-order valence-electron chi connectivity index (χ2n) is 7.21. The molecule has 0 fully saturated rings. The number of esters is 1. The predicted molar refractivity (Wildman–Crippen MR) is 112 cm³/mol. The normalized spacial score (nSPS) is 11.8. The van der Waals surface area contributed by atoms with Crippen molar-refractivity contribution in [2.24, 2.45) is 0 Å². The van der Waals surface area contributed by atoms with Crippen molar-refractivity contribution in [3.05, 3.63) is 58.2 Å². The Balaban J connectivity index is 2.43. The molecule has 0 aliphatic rings. The van der Waals surface area contributed by atoms with E-state index in [-0.39, 0.29) is 30.7 Å². The SMILES string of the molecule is CCOC(=O)c1c(C)c(C(=O)[C@H](C)N(Cc2ccc(F)cc2)C(C)=O)c(C)n1CC. The van der Waals surface area contributed by atoms with Gasteiger partial charge in [0.25, 0.3) is 0 Å². The number of benzene rings is 1. The summed E-state index contributed by atoms with van der Waals surface area (Å²) in [5.74, 6) is -1.35. The van der Waals surface area contributed by atoms with Crippen LogP contribution in [-0.4, -0.2) is 39.8 Å². The van der Waals surface area contributed by atoms with Crippen molar-refractivity contribution in [3.63, 3.8) is 0 Å². The molecule has 162 valence electrons. The molecule has 0 radical (unpaired) electrons. The molecular weight excluding hydrogens is 387 g/mol. The van der Waals surface area contributed by atoms with Crippen LogP contribution in [0.25, 0.3) is 0 Å². The maximum Gasteiger partial charge on any atom is 0.355 e. The number of Topliss-reactive ketones (excluding diaryl/α,β-unsaturated/α-hetero) is 1. The van der Waals surface area contributed by atoms with Crippen LogP contribution in [0.3, 0.4) is 0 Å². The van der Waals surface area contributed by atoms with Gasteiger partial charge in [0.2, 0.25) is 5.91 Å². The van der Waals surface area contributed by atoms with Crippen molar-refractivity contribution in [1.29, 1.82) is 0 Å².